The monoisotopic (exact) mass is 530 g/mol. The fraction of sp³-hybridized carbons (Fsp3) is 0.345. The second kappa shape index (κ2) is 10.1. The molecule has 0 radical (unpaired) electrons. The number of piperazine rings is 1. The summed E-state index contributed by atoms with van der Waals surface area (Å²) in [4.78, 5) is 47.5. The van der Waals surface area contributed by atoms with Crippen LogP contribution in [0.15, 0.2) is 77.5 Å². The van der Waals surface area contributed by atoms with Gasteiger partial charge in [0.25, 0.3) is 0 Å². The number of hydrogen-bond donors (Lipinski definition) is 1. The van der Waals surface area contributed by atoms with E-state index < -0.39 is 24.1 Å². The lowest BCUT2D eigenvalue weighted by Crippen LogP contribution is -2.67. The van der Waals surface area contributed by atoms with Gasteiger partial charge in [0.1, 0.15) is 0 Å². The Morgan fingerprint density at radius 3 is 2.08 bits per heavy atom. The largest absolute Gasteiger partial charge is 0.480 e. The summed E-state index contributed by atoms with van der Waals surface area (Å²) < 4.78 is 0. The smallest absolute Gasteiger partial charge is 0.329 e. The van der Waals surface area contributed by atoms with E-state index in [9.17, 15) is 19.5 Å². The predicted molar refractivity (Wildman–Crippen MR) is 145 cm³/mol. The van der Waals surface area contributed by atoms with Crippen LogP contribution in [0.2, 0.25) is 0 Å². The molecule has 0 unspecified atom stereocenters. The molecule has 0 spiro atoms. The number of carboxylic acids is 1. The minimum atomic E-state index is -1.12. The first-order valence-electron chi connectivity index (χ1n) is 13.1. The summed E-state index contributed by atoms with van der Waals surface area (Å²) in [6, 6.07) is 18.3. The van der Waals surface area contributed by atoms with Crippen LogP contribution < -0.4 is 4.90 Å². The Hall–Kier alpha value is -3.85. The van der Waals surface area contributed by atoms with Gasteiger partial charge in [-0.25, -0.2) is 14.4 Å². The number of carbonyl (C=O) groups is 3. The fourth-order valence-electron chi connectivity index (χ4n) is 5.86. The van der Waals surface area contributed by atoms with Gasteiger partial charge in [0, 0.05) is 19.1 Å². The van der Waals surface area contributed by atoms with Crippen molar-refractivity contribution >= 4 is 40.7 Å². The van der Waals surface area contributed by atoms with Crippen LogP contribution in [-0.2, 0) is 11.3 Å². The number of rotatable bonds is 6. The van der Waals surface area contributed by atoms with Crippen LogP contribution in [0, 0.1) is 0 Å². The molecule has 1 aromatic heterocycles. The molecule has 2 bridgehead atoms. The number of benzene rings is 2. The maximum Gasteiger partial charge on any atom is 0.329 e. The molecule has 3 aromatic rings. The molecule has 3 atom stereocenters. The highest BCUT2D eigenvalue weighted by atomic mass is 32.1. The number of aliphatic carboxylic acids is 1. The predicted octanol–water partition coefficient (Wildman–Crippen LogP) is 5.39. The van der Waals surface area contributed by atoms with Crippen LogP contribution >= 0.6 is 11.3 Å². The Morgan fingerprint density at radius 2 is 1.53 bits per heavy atom. The van der Waals surface area contributed by atoms with Gasteiger partial charge in [0.05, 0.1) is 23.5 Å². The van der Waals surface area contributed by atoms with E-state index in [-0.39, 0.29) is 24.7 Å². The molecule has 4 amide bonds. The molecule has 2 saturated heterocycles. The number of anilines is 2. The quantitative estimate of drug-likeness (QED) is 0.463. The number of hydrogen-bond acceptors (Lipinski definition) is 4. The van der Waals surface area contributed by atoms with Crippen molar-refractivity contribution in [1.29, 1.82) is 0 Å². The Morgan fingerprint density at radius 1 is 0.868 bits per heavy atom. The zero-order chi connectivity index (χ0) is 26.2. The number of carbonyl (C=O) groups excluding carboxylic acids is 2. The highest BCUT2D eigenvalue weighted by Gasteiger charge is 2.55. The number of likely N-dealkylation sites (tertiary alicyclic amines) is 1. The summed E-state index contributed by atoms with van der Waals surface area (Å²) in [6.07, 6.45) is 3.17. The summed E-state index contributed by atoms with van der Waals surface area (Å²) in [5.74, 6) is -1.08. The van der Waals surface area contributed by atoms with Gasteiger partial charge >= 0.3 is 18.0 Å². The van der Waals surface area contributed by atoms with E-state index in [1.807, 2.05) is 77.0 Å². The van der Waals surface area contributed by atoms with E-state index in [0.717, 1.165) is 18.4 Å². The first-order chi connectivity index (χ1) is 18.5. The van der Waals surface area contributed by atoms with E-state index in [4.69, 9.17) is 0 Å². The van der Waals surface area contributed by atoms with Crippen LogP contribution in [0.3, 0.4) is 0 Å². The number of thiophene rings is 1. The maximum absolute atomic E-state index is 14.1. The van der Waals surface area contributed by atoms with Crippen molar-refractivity contribution in [3.63, 3.8) is 0 Å². The topological polar surface area (TPSA) is 84.4 Å². The van der Waals surface area contributed by atoms with Crippen molar-refractivity contribution in [2.45, 2.75) is 56.4 Å². The van der Waals surface area contributed by atoms with Gasteiger partial charge in [-0.2, -0.15) is 11.3 Å². The van der Waals surface area contributed by atoms with Crippen molar-refractivity contribution in [3.05, 3.63) is 83.1 Å². The lowest BCUT2D eigenvalue weighted by molar-refractivity contribution is -0.145. The average molecular weight is 531 g/mol. The van der Waals surface area contributed by atoms with E-state index in [0.29, 0.717) is 30.8 Å². The molecule has 1 aliphatic carbocycles. The van der Waals surface area contributed by atoms with Gasteiger partial charge in [-0.3, -0.25) is 4.90 Å². The molecule has 1 saturated carbocycles. The van der Waals surface area contributed by atoms with Crippen LogP contribution in [0.5, 0.6) is 0 Å². The van der Waals surface area contributed by atoms with Crippen molar-refractivity contribution in [3.8, 4) is 0 Å². The van der Waals surface area contributed by atoms with Crippen LogP contribution in [0.25, 0.3) is 0 Å². The van der Waals surface area contributed by atoms with Crippen molar-refractivity contribution in [2.24, 2.45) is 0 Å². The minimum Gasteiger partial charge on any atom is -0.480 e. The third kappa shape index (κ3) is 4.51. The Bertz CT molecular complexity index is 1260. The first kappa shape index (κ1) is 24.5. The summed E-state index contributed by atoms with van der Waals surface area (Å²) in [5.41, 5.74) is 2.41. The van der Waals surface area contributed by atoms with Gasteiger partial charge in [-0.1, -0.05) is 36.4 Å². The number of urea groups is 2. The normalized spacial score (nSPS) is 22.3. The summed E-state index contributed by atoms with van der Waals surface area (Å²) in [7, 11) is 0. The molecule has 2 aromatic carbocycles. The number of carboxylic acid groups (broad SMARTS) is 1. The Labute approximate surface area is 225 Å². The van der Waals surface area contributed by atoms with E-state index in [1.165, 1.54) is 4.90 Å². The molecule has 3 fully saturated rings. The van der Waals surface area contributed by atoms with Crippen LogP contribution in [0.1, 0.15) is 31.2 Å². The summed E-state index contributed by atoms with van der Waals surface area (Å²) in [6.45, 7) is 0.713. The highest BCUT2D eigenvalue weighted by Crippen LogP contribution is 2.39. The SMILES string of the molecule is O=C(O)[C@@H]1[C@H]2CC[C@@H](CN1C(=O)N(c1ccccc1)c1ccccc1)N2C(=O)N(Cc1ccsc1)C1CC1. The van der Waals surface area contributed by atoms with Crippen molar-refractivity contribution in [2.75, 3.05) is 11.4 Å². The van der Waals surface area contributed by atoms with Crippen LogP contribution in [0.4, 0.5) is 21.0 Å². The molecule has 9 heteroatoms. The molecule has 3 aliphatic rings. The average Bonchev–Trinajstić information content (AvgIpc) is 3.56. The Kier molecular flexibility index (Phi) is 6.53. The number of fused-ring (bicyclic) bond motifs is 2. The lowest BCUT2D eigenvalue weighted by Gasteiger charge is -2.47. The molecule has 196 valence electrons. The summed E-state index contributed by atoms with van der Waals surface area (Å²) in [5, 5.41) is 14.5. The Balaban J connectivity index is 1.31. The van der Waals surface area contributed by atoms with Crippen molar-refractivity contribution < 1.29 is 19.5 Å². The number of amides is 4. The number of para-hydroxylation sites is 2. The van der Waals surface area contributed by atoms with E-state index >= 15 is 0 Å². The molecule has 1 N–H and O–H groups in total. The van der Waals surface area contributed by atoms with Gasteiger partial charge in [-0.05, 0) is 72.3 Å². The van der Waals surface area contributed by atoms with Crippen LogP contribution in [-0.4, -0.2) is 68.5 Å². The maximum atomic E-state index is 14.1. The standard InChI is InChI=1S/C29H30N4O4S/c34-27(35)26-25-14-13-24(33(25)28(36)30(21-11-12-21)17-20-15-16-38-19-20)18-31(26)29(37)32(22-7-3-1-4-8-22)23-9-5-2-6-10-23/h1-10,15-16,19,21,24-26H,11-14,17-18H2,(H,34,35)/t24-,25+,26-/m0/s1. The van der Waals surface area contributed by atoms with E-state index in [2.05, 4.69) is 5.38 Å². The molecule has 38 heavy (non-hydrogen) atoms. The molecule has 3 heterocycles. The van der Waals surface area contributed by atoms with Crippen molar-refractivity contribution in [1.82, 2.24) is 14.7 Å². The highest BCUT2D eigenvalue weighted by molar-refractivity contribution is 7.07. The second-order valence-electron chi connectivity index (χ2n) is 10.2. The third-order valence-corrected chi connectivity index (χ3v) is 8.49. The third-order valence-electron chi connectivity index (χ3n) is 7.76. The van der Waals surface area contributed by atoms with Gasteiger partial charge in [0.15, 0.2) is 6.04 Å². The van der Waals surface area contributed by atoms with Gasteiger partial charge in [-0.15, -0.1) is 0 Å². The zero-order valence-corrected chi connectivity index (χ0v) is 21.7. The minimum absolute atomic E-state index is 0.104. The fourth-order valence-corrected chi connectivity index (χ4v) is 6.52. The lowest BCUT2D eigenvalue weighted by atomic mass is 10.0. The van der Waals surface area contributed by atoms with Gasteiger partial charge in [0.2, 0.25) is 0 Å². The molecule has 2 aliphatic heterocycles. The molecular formula is C29H30N4O4S. The molecule has 8 nitrogen and oxygen atoms in total. The molecule has 6 rings (SSSR count). The zero-order valence-electron chi connectivity index (χ0n) is 20.9. The number of nitrogens with zero attached hydrogens (tertiary/aromatic N) is 4. The van der Waals surface area contributed by atoms with Gasteiger partial charge < -0.3 is 19.8 Å². The molecular weight excluding hydrogens is 500 g/mol. The first-order valence-corrected chi connectivity index (χ1v) is 14.0. The summed E-state index contributed by atoms with van der Waals surface area (Å²) >= 11 is 1.60. The second-order valence-corrected chi connectivity index (χ2v) is 11.0. The van der Waals surface area contributed by atoms with E-state index in [1.54, 1.807) is 21.1 Å².